The van der Waals surface area contributed by atoms with E-state index in [1.165, 1.54) is 11.8 Å². The van der Waals surface area contributed by atoms with Crippen LogP contribution in [-0.2, 0) is 20.1 Å². The first-order chi connectivity index (χ1) is 16.7. The zero-order valence-corrected chi connectivity index (χ0v) is 21.2. The molecule has 0 atom stereocenters. The van der Waals surface area contributed by atoms with Gasteiger partial charge in [0.15, 0.2) is 6.61 Å². The molecule has 0 aliphatic carbocycles. The number of amides is 2. The van der Waals surface area contributed by atoms with Crippen LogP contribution in [-0.4, -0.2) is 41.1 Å². The average molecular weight is 497 g/mol. The van der Waals surface area contributed by atoms with Crippen LogP contribution in [0.1, 0.15) is 44.1 Å². The minimum atomic E-state index is -0.676. The predicted octanol–water partition coefficient (Wildman–Crippen LogP) is 3.82. The largest absolute Gasteiger partial charge is 0.452 e. The molecule has 2 amide bonds. The lowest BCUT2D eigenvalue weighted by atomic mass is 10.1. The summed E-state index contributed by atoms with van der Waals surface area (Å²) >= 11 is 1.35. The molecular weight excluding hydrogens is 468 g/mol. The minimum absolute atomic E-state index is 0.241. The van der Waals surface area contributed by atoms with Gasteiger partial charge in [0, 0.05) is 23.2 Å². The molecule has 10 heteroatoms. The summed E-state index contributed by atoms with van der Waals surface area (Å²) in [5, 5.41) is 9.67. The maximum atomic E-state index is 12.6. The summed E-state index contributed by atoms with van der Waals surface area (Å²) < 4.78 is 10.3. The van der Waals surface area contributed by atoms with Crippen molar-refractivity contribution in [2.45, 2.75) is 45.4 Å². The van der Waals surface area contributed by atoms with E-state index in [0.717, 1.165) is 33.6 Å². The number of aryl methyl sites for hydroxylation is 5. The van der Waals surface area contributed by atoms with Crippen LogP contribution in [0.2, 0.25) is 0 Å². The Morgan fingerprint density at radius 3 is 2.43 bits per heavy atom. The molecule has 1 aromatic carbocycles. The molecule has 0 fully saturated rings. The highest BCUT2D eigenvalue weighted by Crippen LogP contribution is 2.27. The van der Waals surface area contributed by atoms with Gasteiger partial charge in [-0.05, 0) is 57.9 Å². The maximum Gasteiger partial charge on any atom is 0.341 e. The van der Waals surface area contributed by atoms with Crippen LogP contribution in [0.4, 0.5) is 5.69 Å². The number of hydrogen-bond acceptors (Lipinski definition) is 8. The smallest absolute Gasteiger partial charge is 0.341 e. The average Bonchev–Trinajstić information content (AvgIpc) is 3.14. The van der Waals surface area contributed by atoms with Gasteiger partial charge in [-0.1, -0.05) is 22.9 Å². The molecule has 2 aromatic heterocycles. The fourth-order valence-electron chi connectivity index (χ4n) is 3.51. The molecule has 0 saturated heterocycles. The molecule has 0 aliphatic rings. The van der Waals surface area contributed by atoms with Crippen molar-refractivity contribution in [1.29, 1.82) is 0 Å². The SMILES string of the molecule is Cc1cc(C)c(NC(=O)CNC(=O)COC(=O)c2cccnc2SCc2c(C)noc2C)c(C)c1. The normalized spacial score (nSPS) is 10.7. The fourth-order valence-corrected chi connectivity index (χ4v) is 4.64. The number of nitrogens with one attached hydrogen (secondary N) is 2. The fraction of sp³-hybridized carbons (Fsp3) is 0.320. The molecule has 0 radical (unpaired) electrons. The van der Waals surface area contributed by atoms with E-state index >= 15 is 0 Å². The third kappa shape index (κ3) is 6.92. The third-order valence-corrected chi connectivity index (χ3v) is 6.28. The number of ether oxygens (including phenoxy) is 1. The highest BCUT2D eigenvalue weighted by Gasteiger charge is 2.18. The molecule has 0 saturated carbocycles. The van der Waals surface area contributed by atoms with Crippen LogP contribution in [0.15, 0.2) is 40.0 Å². The Kier molecular flexibility index (Phi) is 8.64. The second-order valence-corrected chi connectivity index (χ2v) is 9.09. The molecule has 0 aliphatic heterocycles. The molecule has 184 valence electrons. The Balaban J connectivity index is 1.50. The van der Waals surface area contributed by atoms with Crippen LogP contribution in [0.3, 0.4) is 0 Å². The molecular formula is C25H28N4O5S. The van der Waals surface area contributed by atoms with Crippen LogP contribution in [0, 0.1) is 34.6 Å². The van der Waals surface area contributed by atoms with Gasteiger partial charge in [0.25, 0.3) is 5.91 Å². The molecule has 0 bridgehead atoms. The van der Waals surface area contributed by atoms with Gasteiger partial charge < -0.3 is 19.9 Å². The summed E-state index contributed by atoms with van der Waals surface area (Å²) in [6, 6.07) is 7.15. The van der Waals surface area contributed by atoms with E-state index in [-0.39, 0.29) is 18.0 Å². The number of nitrogens with zero attached hydrogens (tertiary/aromatic N) is 2. The number of hydrogen-bond donors (Lipinski definition) is 2. The molecule has 3 rings (SSSR count). The molecule has 2 N–H and O–H groups in total. The van der Waals surface area contributed by atoms with Crippen molar-refractivity contribution < 1.29 is 23.6 Å². The summed E-state index contributed by atoms with van der Waals surface area (Å²) in [6.07, 6.45) is 1.58. The van der Waals surface area contributed by atoms with E-state index in [2.05, 4.69) is 20.8 Å². The van der Waals surface area contributed by atoms with Gasteiger partial charge in [-0.2, -0.15) is 0 Å². The zero-order chi connectivity index (χ0) is 25.5. The number of carbonyl (C=O) groups is 3. The molecule has 0 unspecified atom stereocenters. The van der Waals surface area contributed by atoms with Gasteiger partial charge in [-0.3, -0.25) is 9.59 Å². The van der Waals surface area contributed by atoms with Crippen molar-refractivity contribution in [2.75, 3.05) is 18.5 Å². The minimum Gasteiger partial charge on any atom is -0.452 e. The van der Waals surface area contributed by atoms with Crippen LogP contribution < -0.4 is 10.6 Å². The zero-order valence-electron chi connectivity index (χ0n) is 20.4. The first kappa shape index (κ1) is 26.0. The number of benzene rings is 1. The van der Waals surface area contributed by atoms with Crippen LogP contribution in [0.25, 0.3) is 0 Å². The van der Waals surface area contributed by atoms with Crippen molar-refractivity contribution in [1.82, 2.24) is 15.5 Å². The first-order valence-electron chi connectivity index (χ1n) is 11.0. The molecule has 0 spiro atoms. The number of anilines is 1. The van der Waals surface area contributed by atoms with E-state index in [1.54, 1.807) is 18.3 Å². The standard InChI is InChI=1S/C25H28N4O5S/c1-14-9-15(2)23(16(3)10-14)28-21(30)11-27-22(31)12-33-25(32)19-7-6-8-26-24(19)35-13-20-17(4)29-34-18(20)5/h6-10H,11-13H2,1-5H3,(H,27,31)(H,28,30). The lowest BCUT2D eigenvalue weighted by Crippen LogP contribution is -2.35. The lowest BCUT2D eigenvalue weighted by Gasteiger charge is -2.13. The van der Waals surface area contributed by atoms with Crippen LogP contribution in [0.5, 0.6) is 0 Å². The number of thioether (sulfide) groups is 1. The summed E-state index contributed by atoms with van der Waals surface area (Å²) in [5.41, 5.74) is 5.68. The highest BCUT2D eigenvalue weighted by molar-refractivity contribution is 7.98. The Labute approximate surface area is 208 Å². The lowest BCUT2D eigenvalue weighted by molar-refractivity contribution is -0.126. The highest BCUT2D eigenvalue weighted by atomic mass is 32.2. The third-order valence-electron chi connectivity index (χ3n) is 5.25. The Morgan fingerprint density at radius 2 is 1.77 bits per heavy atom. The second kappa shape index (κ2) is 11.7. The van der Waals surface area contributed by atoms with Gasteiger partial charge >= 0.3 is 5.97 Å². The van der Waals surface area contributed by atoms with E-state index in [0.29, 0.717) is 16.5 Å². The van der Waals surface area contributed by atoms with Crippen molar-refractivity contribution >= 4 is 35.2 Å². The van der Waals surface area contributed by atoms with Crippen LogP contribution >= 0.6 is 11.8 Å². The van der Waals surface area contributed by atoms with Gasteiger partial charge in [0.2, 0.25) is 5.91 Å². The molecule has 9 nitrogen and oxygen atoms in total. The van der Waals surface area contributed by atoms with Crippen molar-refractivity contribution in [3.8, 4) is 0 Å². The van der Waals surface area contributed by atoms with Gasteiger partial charge in [0.1, 0.15) is 10.8 Å². The van der Waals surface area contributed by atoms with Gasteiger partial charge in [-0.25, -0.2) is 9.78 Å². The Bertz CT molecular complexity index is 1210. The summed E-state index contributed by atoms with van der Waals surface area (Å²) in [4.78, 5) is 41.3. The second-order valence-electron chi connectivity index (χ2n) is 8.12. The predicted molar refractivity (Wildman–Crippen MR) is 132 cm³/mol. The molecule has 2 heterocycles. The van der Waals surface area contributed by atoms with Gasteiger partial charge in [-0.15, -0.1) is 11.8 Å². The van der Waals surface area contributed by atoms with E-state index < -0.39 is 18.5 Å². The van der Waals surface area contributed by atoms with Crippen molar-refractivity contribution in [3.63, 3.8) is 0 Å². The monoisotopic (exact) mass is 496 g/mol. The number of rotatable bonds is 9. The first-order valence-corrected chi connectivity index (χ1v) is 11.9. The topological polar surface area (TPSA) is 123 Å². The Hall–Kier alpha value is -3.66. The Morgan fingerprint density at radius 1 is 1.06 bits per heavy atom. The maximum absolute atomic E-state index is 12.6. The summed E-state index contributed by atoms with van der Waals surface area (Å²) in [6.45, 7) is 8.72. The van der Waals surface area contributed by atoms with E-state index in [4.69, 9.17) is 9.26 Å². The van der Waals surface area contributed by atoms with Crippen molar-refractivity contribution in [2.24, 2.45) is 0 Å². The van der Waals surface area contributed by atoms with E-state index in [1.807, 2.05) is 46.8 Å². The number of aromatic nitrogens is 2. The molecule has 35 heavy (non-hydrogen) atoms. The summed E-state index contributed by atoms with van der Waals surface area (Å²) in [5.74, 6) is -0.397. The quantitative estimate of drug-likeness (QED) is 0.339. The number of esters is 1. The van der Waals surface area contributed by atoms with Gasteiger partial charge in [0.05, 0.1) is 17.8 Å². The summed E-state index contributed by atoms with van der Waals surface area (Å²) in [7, 11) is 0. The van der Waals surface area contributed by atoms with Crippen molar-refractivity contribution in [3.05, 3.63) is 69.7 Å². The number of carbonyl (C=O) groups excluding carboxylic acids is 3. The molecule has 3 aromatic rings. The van der Waals surface area contributed by atoms with E-state index in [9.17, 15) is 14.4 Å². The number of pyridine rings is 1.